The maximum atomic E-state index is 10.0. The maximum Gasteiger partial charge on any atom is 0.227 e. The lowest BCUT2D eigenvalue weighted by molar-refractivity contribution is -0.109. The number of aromatic nitrogens is 2. The maximum absolute atomic E-state index is 10.0. The van der Waals surface area contributed by atoms with Gasteiger partial charge in [0.1, 0.15) is 0 Å². The van der Waals surface area contributed by atoms with Crippen molar-refractivity contribution in [3.63, 3.8) is 0 Å². The van der Waals surface area contributed by atoms with Crippen molar-refractivity contribution in [3.8, 4) is 0 Å². The van der Waals surface area contributed by atoms with E-state index in [1.54, 1.807) is 0 Å². The minimum absolute atomic E-state index is 0.127. The molecular weight excluding hydrogens is 182 g/mol. The average molecular weight is 197 g/mol. The highest BCUT2D eigenvalue weighted by Crippen LogP contribution is 2.18. The predicted molar refractivity (Wildman–Crippen MR) is 50.4 cm³/mol. The van der Waals surface area contributed by atoms with Gasteiger partial charge in [-0.05, 0) is 5.41 Å². The number of rotatable bonds is 4. The highest BCUT2D eigenvalue weighted by atomic mass is 16.5. The van der Waals surface area contributed by atoms with Crippen molar-refractivity contribution in [1.82, 2.24) is 15.5 Å². The monoisotopic (exact) mass is 197 g/mol. The van der Waals surface area contributed by atoms with Gasteiger partial charge in [0.15, 0.2) is 5.82 Å². The number of nitrogens with zero attached hydrogens (tertiary/aromatic N) is 2. The number of carbonyl (C=O) groups is 1. The highest BCUT2D eigenvalue weighted by molar-refractivity contribution is 5.45. The molecule has 1 amide bonds. The molecule has 5 heteroatoms. The summed E-state index contributed by atoms with van der Waals surface area (Å²) in [6.07, 6.45) is 1.35. The van der Waals surface area contributed by atoms with Crippen molar-refractivity contribution in [2.24, 2.45) is 5.41 Å². The summed E-state index contributed by atoms with van der Waals surface area (Å²) in [5.74, 6) is 1.12. The minimum atomic E-state index is 0.127. The van der Waals surface area contributed by atoms with E-state index >= 15 is 0 Å². The third-order valence-corrected chi connectivity index (χ3v) is 1.54. The van der Waals surface area contributed by atoms with E-state index in [0.29, 0.717) is 24.7 Å². The zero-order valence-electron chi connectivity index (χ0n) is 8.70. The second-order valence-electron chi connectivity index (χ2n) is 4.34. The Morgan fingerprint density at radius 2 is 2.21 bits per heavy atom. The molecule has 1 aromatic rings. The van der Waals surface area contributed by atoms with Crippen LogP contribution in [0.5, 0.6) is 0 Å². The summed E-state index contributed by atoms with van der Waals surface area (Å²) in [6, 6.07) is 0. The van der Waals surface area contributed by atoms with Crippen LogP contribution in [0.2, 0.25) is 0 Å². The summed E-state index contributed by atoms with van der Waals surface area (Å²) >= 11 is 0. The van der Waals surface area contributed by atoms with Crippen molar-refractivity contribution < 1.29 is 9.32 Å². The Bertz CT molecular complexity index is 301. The second kappa shape index (κ2) is 4.21. The topological polar surface area (TPSA) is 68.0 Å². The zero-order chi connectivity index (χ0) is 10.6. The van der Waals surface area contributed by atoms with Gasteiger partial charge in [0.2, 0.25) is 12.3 Å². The number of hydrogen-bond acceptors (Lipinski definition) is 4. The van der Waals surface area contributed by atoms with Crippen LogP contribution in [0.25, 0.3) is 0 Å². The Morgan fingerprint density at radius 3 is 2.79 bits per heavy atom. The van der Waals surface area contributed by atoms with Gasteiger partial charge < -0.3 is 9.84 Å². The summed E-state index contributed by atoms with van der Waals surface area (Å²) in [5, 5.41) is 6.21. The molecule has 0 aliphatic carbocycles. The molecule has 1 heterocycles. The molecule has 0 unspecified atom stereocenters. The molecule has 1 rings (SSSR count). The lowest BCUT2D eigenvalue weighted by Crippen LogP contribution is -2.12. The van der Waals surface area contributed by atoms with E-state index < -0.39 is 0 Å². The first-order valence-corrected chi connectivity index (χ1v) is 4.50. The summed E-state index contributed by atoms with van der Waals surface area (Å²) in [4.78, 5) is 14.2. The molecule has 14 heavy (non-hydrogen) atoms. The van der Waals surface area contributed by atoms with Gasteiger partial charge >= 0.3 is 0 Å². The summed E-state index contributed by atoms with van der Waals surface area (Å²) in [5.41, 5.74) is 0.127. The lowest BCUT2D eigenvalue weighted by atomic mass is 9.92. The molecule has 1 N–H and O–H groups in total. The fourth-order valence-corrected chi connectivity index (χ4v) is 1.02. The first kappa shape index (κ1) is 10.7. The van der Waals surface area contributed by atoms with Crippen molar-refractivity contribution in [1.29, 1.82) is 0 Å². The third-order valence-electron chi connectivity index (χ3n) is 1.54. The lowest BCUT2D eigenvalue weighted by Gasteiger charge is -2.13. The van der Waals surface area contributed by atoms with Crippen molar-refractivity contribution >= 4 is 6.41 Å². The van der Waals surface area contributed by atoms with Gasteiger partial charge in [-0.25, -0.2) is 0 Å². The van der Waals surface area contributed by atoms with Gasteiger partial charge in [0.25, 0.3) is 0 Å². The molecule has 1 aromatic heterocycles. The van der Waals surface area contributed by atoms with Crippen molar-refractivity contribution in [3.05, 3.63) is 11.7 Å². The molecule has 0 aliphatic heterocycles. The molecule has 0 fully saturated rings. The molecule has 0 atom stereocenters. The molecule has 0 aromatic carbocycles. The van der Waals surface area contributed by atoms with Crippen LogP contribution in [0.1, 0.15) is 32.5 Å². The molecular formula is C9H15N3O2. The van der Waals surface area contributed by atoms with Gasteiger partial charge in [-0.3, -0.25) is 4.79 Å². The van der Waals surface area contributed by atoms with Crippen LogP contribution >= 0.6 is 0 Å². The number of hydrogen-bond donors (Lipinski definition) is 1. The van der Waals surface area contributed by atoms with E-state index in [1.807, 2.05) is 0 Å². The SMILES string of the molecule is CC(C)(C)Cc1nc(CNC=O)no1. The predicted octanol–water partition coefficient (Wildman–Crippen LogP) is 0.904. The fourth-order valence-electron chi connectivity index (χ4n) is 1.02. The number of carbonyl (C=O) groups excluding carboxylic acids is 1. The van der Waals surface area contributed by atoms with Crippen LogP contribution in [0.3, 0.4) is 0 Å². The quantitative estimate of drug-likeness (QED) is 0.728. The van der Waals surface area contributed by atoms with Gasteiger partial charge in [-0.1, -0.05) is 25.9 Å². The van der Waals surface area contributed by atoms with E-state index in [0.717, 1.165) is 6.42 Å². The molecule has 0 saturated carbocycles. The molecule has 5 nitrogen and oxygen atoms in total. The third kappa shape index (κ3) is 3.55. The first-order valence-electron chi connectivity index (χ1n) is 4.50. The standard InChI is InChI=1S/C9H15N3O2/c1-9(2,3)4-8-11-7(12-14-8)5-10-6-13/h6H,4-5H2,1-3H3,(H,10,13). The van der Waals surface area contributed by atoms with E-state index in [2.05, 4.69) is 36.2 Å². The summed E-state index contributed by atoms with van der Waals surface area (Å²) < 4.78 is 5.02. The van der Waals surface area contributed by atoms with Crippen LogP contribution < -0.4 is 5.32 Å². The van der Waals surface area contributed by atoms with Gasteiger partial charge in [0, 0.05) is 6.42 Å². The summed E-state index contributed by atoms with van der Waals surface area (Å²) in [7, 11) is 0. The largest absolute Gasteiger partial charge is 0.351 e. The van der Waals surface area contributed by atoms with Gasteiger partial charge in [-0.15, -0.1) is 0 Å². The van der Waals surface area contributed by atoms with Crippen LogP contribution in [0, 0.1) is 5.41 Å². The van der Waals surface area contributed by atoms with E-state index in [-0.39, 0.29) is 5.41 Å². The Balaban J connectivity index is 2.55. The zero-order valence-corrected chi connectivity index (χ0v) is 8.70. The Hall–Kier alpha value is -1.39. The van der Waals surface area contributed by atoms with Crippen LogP contribution in [-0.4, -0.2) is 16.6 Å². The Labute approximate surface area is 82.9 Å². The molecule has 0 spiro atoms. The van der Waals surface area contributed by atoms with E-state index in [1.165, 1.54) is 0 Å². The molecule has 0 saturated heterocycles. The van der Waals surface area contributed by atoms with Crippen LogP contribution in [0.15, 0.2) is 4.52 Å². The number of nitrogens with one attached hydrogen (secondary N) is 1. The molecule has 78 valence electrons. The first-order chi connectivity index (χ1) is 6.51. The van der Waals surface area contributed by atoms with E-state index in [4.69, 9.17) is 4.52 Å². The van der Waals surface area contributed by atoms with Crippen LogP contribution in [0.4, 0.5) is 0 Å². The Kier molecular flexibility index (Phi) is 3.22. The Morgan fingerprint density at radius 1 is 1.50 bits per heavy atom. The van der Waals surface area contributed by atoms with Crippen molar-refractivity contribution in [2.75, 3.05) is 0 Å². The van der Waals surface area contributed by atoms with Gasteiger partial charge in [0.05, 0.1) is 6.54 Å². The molecule has 0 bridgehead atoms. The molecule has 0 aliphatic rings. The van der Waals surface area contributed by atoms with Gasteiger partial charge in [-0.2, -0.15) is 4.98 Å². The van der Waals surface area contributed by atoms with E-state index in [9.17, 15) is 4.79 Å². The fraction of sp³-hybridized carbons (Fsp3) is 0.667. The number of amides is 1. The minimum Gasteiger partial charge on any atom is -0.351 e. The average Bonchev–Trinajstić information content (AvgIpc) is 2.46. The second-order valence-corrected chi connectivity index (χ2v) is 4.34. The molecule has 0 radical (unpaired) electrons. The highest BCUT2D eigenvalue weighted by Gasteiger charge is 2.16. The van der Waals surface area contributed by atoms with Crippen LogP contribution in [-0.2, 0) is 17.8 Å². The summed E-state index contributed by atoms with van der Waals surface area (Å²) in [6.45, 7) is 6.61. The smallest absolute Gasteiger partial charge is 0.227 e. The van der Waals surface area contributed by atoms with Crippen molar-refractivity contribution in [2.45, 2.75) is 33.7 Å². The normalized spacial score (nSPS) is 11.4.